The molecule has 0 atom stereocenters. The number of benzene rings is 2. The van der Waals surface area contributed by atoms with Gasteiger partial charge in [-0.2, -0.15) is 9.61 Å². The number of nitrogens with zero attached hydrogens (tertiary/aromatic N) is 4. The zero-order valence-electron chi connectivity index (χ0n) is 12.5. The molecule has 0 radical (unpaired) electrons. The minimum atomic E-state index is 0.602. The standard InChI is InChI=1S/C17H14N4OS/c1-2-22-14-11-7-6-10-13(14)15-18-19-17-21(15)20-16(23-17)12-8-4-3-5-9-12/h3-11H,2H2,1H3. The maximum Gasteiger partial charge on any atom is 0.235 e. The number of para-hydroxylation sites is 1. The Morgan fingerprint density at radius 3 is 2.61 bits per heavy atom. The van der Waals surface area contributed by atoms with Crippen molar-refractivity contribution in [2.24, 2.45) is 0 Å². The van der Waals surface area contributed by atoms with Crippen LogP contribution in [-0.2, 0) is 0 Å². The van der Waals surface area contributed by atoms with Crippen LogP contribution in [0.4, 0.5) is 0 Å². The Bertz CT molecular complexity index is 946. The van der Waals surface area contributed by atoms with Crippen LogP contribution in [0.15, 0.2) is 54.6 Å². The van der Waals surface area contributed by atoms with Crippen molar-refractivity contribution in [1.82, 2.24) is 19.8 Å². The Labute approximate surface area is 137 Å². The fourth-order valence-corrected chi connectivity index (χ4v) is 3.26. The predicted molar refractivity (Wildman–Crippen MR) is 90.7 cm³/mol. The third-order valence-corrected chi connectivity index (χ3v) is 4.39. The maximum atomic E-state index is 5.70. The molecule has 6 heteroatoms. The van der Waals surface area contributed by atoms with Crippen LogP contribution in [0.25, 0.3) is 26.9 Å². The van der Waals surface area contributed by atoms with Crippen molar-refractivity contribution in [3.05, 3.63) is 54.6 Å². The van der Waals surface area contributed by atoms with Gasteiger partial charge in [-0.25, -0.2) is 0 Å². The Morgan fingerprint density at radius 1 is 1.00 bits per heavy atom. The molecule has 0 amide bonds. The molecule has 0 saturated heterocycles. The minimum Gasteiger partial charge on any atom is -0.493 e. The summed E-state index contributed by atoms with van der Waals surface area (Å²) in [5.74, 6) is 1.49. The van der Waals surface area contributed by atoms with Crippen molar-refractivity contribution in [2.45, 2.75) is 6.92 Å². The number of hydrogen-bond donors (Lipinski definition) is 0. The molecule has 5 nitrogen and oxygen atoms in total. The third kappa shape index (κ3) is 2.47. The molecule has 0 fully saturated rings. The van der Waals surface area contributed by atoms with Gasteiger partial charge in [0.2, 0.25) is 4.96 Å². The van der Waals surface area contributed by atoms with Crippen LogP contribution in [0.2, 0.25) is 0 Å². The first-order valence-corrected chi connectivity index (χ1v) is 8.18. The molecule has 0 saturated carbocycles. The van der Waals surface area contributed by atoms with Gasteiger partial charge in [0.05, 0.1) is 12.2 Å². The van der Waals surface area contributed by atoms with Crippen molar-refractivity contribution >= 4 is 16.3 Å². The zero-order chi connectivity index (χ0) is 15.6. The van der Waals surface area contributed by atoms with Gasteiger partial charge in [-0.1, -0.05) is 53.8 Å². The molecule has 0 bridgehead atoms. The van der Waals surface area contributed by atoms with E-state index in [1.807, 2.05) is 61.5 Å². The molecule has 4 aromatic rings. The van der Waals surface area contributed by atoms with E-state index in [-0.39, 0.29) is 0 Å². The quantitative estimate of drug-likeness (QED) is 0.571. The second-order valence-corrected chi connectivity index (χ2v) is 5.88. The molecule has 0 aliphatic heterocycles. The summed E-state index contributed by atoms with van der Waals surface area (Å²) in [6.45, 7) is 2.57. The van der Waals surface area contributed by atoms with Crippen LogP contribution in [0.1, 0.15) is 6.92 Å². The summed E-state index contributed by atoms with van der Waals surface area (Å²) in [5.41, 5.74) is 1.97. The Morgan fingerprint density at radius 2 is 1.78 bits per heavy atom. The summed E-state index contributed by atoms with van der Waals surface area (Å²) in [7, 11) is 0. The molecule has 0 N–H and O–H groups in total. The van der Waals surface area contributed by atoms with Gasteiger partial charge in [0.25, 0.3) is 0 Å². The normalized spacial score (nSPS) is 11.0. The van der Waals surface area contributed by atoms with Crippen molar-refractivity contribution in [3.8, 4) is 27.7 Å². The van der Waals surface area contributed by atoms with Gasteiger partial charge in [-0.15, -0.1) is 10.2 Å². The molecule has 2 heterocycles. The summed E-state index contributed by atoms with van der Waals surface area (Å²) in [4.78, 5) is 0.769. The Hall–Kier alpha value is -2.73. The van der Waals surface area contributed by atoms with E-state index in [1.54, 1.807) is 4.52 Å². The molecule has 2 aromatic heterocycles. The smallest absolute Gasteiger partial charge is 0.235 e. The number of fused-ring (bicyclic) bond motifs is 1. The molecule has 0 aliphatic rings. The van der Waals surface area contributed by atoms with Crippen LogP contribution >= 0.6 is 11.3 Å². The molecular formula is C17H14N4OS. The molecule has 0 unspecified atom stereocenters. The predicted octanol–water partition coefficient (Wildman–Crippen LogP) is 3.92. The second kappa shape index (κ2) is 5.81. The fraction of sp³-hybridized carbons (Fsp3) is 0.118. The SMILES string of the molecule is CCOc1ccccc1-c1nnc2sc(-c3ccccc3)nn12. The fourth-order valence-electron chi connectivity index (χ4n) is 2.42. The van der Waals surface area contributed by atoms with E-state index in [0.29, 0.717) is 12.4 Å². The van der Waals surface area contributed by atoms with Gasteiger partial charge in [-0.05, 0) is 19.1 Å². The summed E-state index contributed by atoms with van der Waals surface area (Å²) in [5, 5.41) is 14.1. The minimum absolute atomic E-state index is 0.602. The lowest BCUT2D eigenvalue weighted by Crippen LogP contribution is -1.97. The maximum absolute atomic E-state index is 5.70. The number of rotatable bonds is 4. The van der Waals surface area contributed by atoms with Crippen LogP contribution in [-0.4, -0.2) is 26.4 Å². The van der Waals surface area contributed by atoms with Crippen LogP contribution < -0.4 is 4.74 Å². The highest BCUT2D eigenvalue weighted by Crippen LogP contribution is 2.31. The first-order chi connectivity index (χ1) is 11.4. The van der Waals surface area contributed by atoms with Gasteiger partial charge >= 0.3 is 0 Å². The molecular weight excluding hydrogens is 308 g/mol. The largest absolute Gasteiger partial charge is 0.493 e. The van der Waals surface area contributed by atoms with E-state index in [1.165, 1.54) is 11.3 Å². The lowest BCUT2D eigenvalue weighted by atomic mass is 10.2. The lowest BCUT2D eigenvalue weighted by Gasteiger charge is -2.07. The monoisotopic (exact) mass is 322 g/mol. The topological polar surface area (TPSA) is 52.3 Å². The molecule has 23 heavy (non-hydrogen) atoms. The molecule has 114 valence electrons. The summed E-state index contributed by atoms with van der Waals surface area (Å²) < 4.78 is 7.48. The van der Waals surface area contributed by atoms with E-state index < -0.39 is 0 Å². The van der Waals surface area contributed by atoms with Crippen LogP contribution in [0.3, 0.4) is 0 Å². The van der Waals surface area contributed by atoms with E-state index in [2.05, 4.69) is 15.3 Å². The average Bonchev–Trinajstić information content (AvgIpc) is 3.17. The first kappa shape index (κ1) is 13.9. The molecule has 2 aromatic carbocycles. The van der Waals surface area contributed by atoms with Crippen molar-refractivity contribution in [2.75, 3.05) is 6.61 Å². The van der Waals surface area contributed by atoms with Gasteiger partial charge in [-0.3, -0.25) is 0 Å². The molecule has 0 spiro atoms. The van der Waals surface area contributed by atoms with Crippen molar-refractivity contribution in [3.63, 3.8) is 0 Å². The van der Waals surface area contributed by atoms with Crippen LogP contribution in [0, 0.1) is 0 Å². The van der Waals surface area contributed by atoms with Gasteiger partial charge in [0.15, 0.2) is 5.82 Å². The molecule has 0 aliphatic carbocycles. The summed E-state index contributed by atoms with van der Waals surface area (Å²) in [6.07, 6.45) is 0. The first-order valence-electron chi connectivity index (χ1n) is 7.36. The van der Waals surface area contributed by atoms with Gasteiger partial charge < -0.3 is 4.74 Å². The number of hydrogen-bond acceptors (Lipinski definition) is 5. The third-order valence-electron chi connectivity index (χ3n) is 3.44. The lowest BCUT2D eigenvalue weighted by molar-refractivity contribution is 0.341. The average molecular weight is 322 g/mol. The Kier molecular flexibility index (Phi) is 3.51. The zero-order valence-corrected chi connectivity index (χ0v) is 13.3. The van der Waals surface area contributed by atoms with Crippen LogP contribution in [0.5, 0.6) is 5.75 Å². The second-order valence-electron chi connectivity index (χ2n) is 4.92. The Balaban J connectivity index is 1.85. The van der Waals surface area contributed by atoms with E-state index in [4.69, 9.17) is 4.74 Å². The van der Waals surface area contributed by atoms with E-state index >= 15 is 0 Å². The highest BCUT2D eigenvalue weighted by atomic mass is 32.1. The number of aromatic nitrogens is 4. The van der Waals surface area contributed by atoms with Gasteiger partial charge in [0, 0.05) is 5.56 Å². The summed E-state index contributed by atoms with van der Waals surface area (Å²) in [6, 6.07) is 17.9. The van der Waals surface area contributed by atoms with E-state index in [0.717, 1.165) is 26.8 Å². The molecule has 4 rings (SSSR count). The summed E-state index contributed by atoms with van der Waals surface area (Å²) >= 11 is 1.52. The van der Waals surface area contributed by atoms with Crippen molar-refractivity contribution in [1.29, 1.82) is 0 Å². The van der Waals surface area contributed by atoms with Gasteiger partial charge in [0.1, 0.15) is 10.8 Å². The highest BCUT2D eigenvalue weighted by molar-refractivity contribution is 7.19. The van der Waals surface area contributed by atoms with E-state index in [9.17, 15) is 0 Å². The highest BCUT2D eigenvalue weighted by Gasteiger charge is 2.17. The van der Waals surface area contributed by atoms with Crippen molar-refractivity contribution < 1.29 is 4.74 Å². The number of ether oxygens (including phenoxy) is 1.